The van der Waals surface area contributed by atoms with E-state index < -0.39 is 6.04 Å². The van der Waals surface area contributed by atoms with Gasteiger partial charge in [-0.15, -0.1) is 0 Å². The molecule has 1 fully saturated rings. The molecule has 1 aromatic carbocycles. The molecular formula is C17H21BrN2O3. The second-order valence-corrected chi connectivity index (χ2v) is 6.58. The van der Waals surface area contributed by atoms with E-state index in [1.165, 1.54) is 0 Å². The number of fused-ring (bicyclic) bond motifs is 1. The van der Waals surface area contributed by atoms with Gasteiger partial charge in [0.1, 0.15) is 6.04 Å². The van der Waals surface area contributed by atoms with E-state index in [0.717, 1.165) is 34.0 Å². The maximum absolute atomic E-state index is 12.7. The van der Waals surface area contributed by atoms with Crippen LogP contribution in [0.2, 0.25) is 0 Å². The van der Waals surface area contributed by atoms with Gasteiger partial charge >= 0.3 is 5.97 Å². The highest BCUT2D eigenvalue weighted by Gasteiger charge is 2.32. The normalized spacial score (nSPS) is 17.3. The average Bonchev–Trinajstić information content (AvgIpc) is 2.85. The molecule has 0 spiro atoms. The summed E-state index contributed by atoms with van der Waals surface area (Å²) in [6, 6.07) is 5.75. The Kier molecular flexibility index (Phi) is 5.04. The number of hydrogen-bond donors (Lipinski definition) is 0. The highest BCUT2D eigenvalue weighted by molar-refractivity contribution is 9.10. The van der Waals surface area contributed by atoms with Gasteiger partial charge in [-0.3, -0.25) is 4.90 Å². The minimum Gasteiger partial charge on any atom is -0.465 e. The average molecular weight is 381 g/mol. The quantitative estimate of drug-likeness (QED) is 0.764. The minimum absolute atomic E-state index is 0.193. The van der Waals surface area contributed by atoms with Crippen LogP contribution in [0.3, 0.4) is 0 Å². The monoisotopic (exact) mass is 380 g/mol. The number of benzene rings is 1. The molecule has 6 heteroatoms. The number of morpholine rings is 1. The Morgan fingerprint density at radius 2 is 2.13 bits per heavy atom. The molecular weight excluding hydrogens is 360 g/mol. The van der Waals surface area contributed by atoms with Crippen molar-refractivity contribution in [3.8, 4) is 0 Å². The van der Waals surface area contributed by atoms with Crippen LogP contribution in [0.5, 0.6) is 0 Å². The van der Waals surface area contributed by atoms with Crippen molar-refractivity contribution in [2.24, 2.45) is 7.05 Å². The molecule has 23 heavy (non-hydrogen) atoms. The molecule has 1 aliphatic rings. The molecule has 0 N–H and O–H groups in total. The van der Waals surface area contributed by atoms with Gasteiger partial charge in [0.15, 0.2) is 0 Å². The van der Waals surface area contributed by atoms with Crippen LogP contribution >= 0.6 is 15.9 Å². The zero-order valence-electron chi connectivity index (χ0n) is 13.4. The van der Waals surface area contributed by atoms with Crippen molar-refractivity contribution in [3.63, 3.8) is 0 Å². The molecule has 5 nitrogen and oxygen atoms in total. The van der Waals surface area contributed by atoms with E-state index >= 15 is 0 Å². The van der Waals surface area contributed by atoms with Gasteiger partial charge in [0.2, 0.25) is 0 Å². The van der Waals surface area contributed by atoms with Crippen molar-refractivity contribution in [1.29, 1.82) is 0 Å². The number of aromatic nitrogens is 1. The number of ether oxygens (including phenoxy) is 2. The number of carbonyl (C=O) groups excluding carboxylic acids is 1. The summed E-state index contributed by atoms with van der Waals surface area (Å²) in [5, 5.41) is 1.08. The fourth-order valence-corrected chi connectivity index (χ4v) is 3.50. The molecule has 0 amide bonds. The number of esters is 1. The molecule has 0 saturated carbocycles. The first-order chi connectivity index (χ1) is 11.1. The minimum atomic E-state index is -0.392. The standard InChI is InChI=1S/C17H21BrN2O3/c1-3-23-17(21)16(20-6-8-22-9-7-20)14-11-19(2)15-5-4-12(18)10-13(14)15/h4-5,10-11,16H,3,6-9H2,1-2H3. The van der Waals surface area contributed by atoms with E-state index in [1.807, 2.05) is 26.2 Å². The van der Waals surface area contributed by atoms with Crippen LogP contribution in [0.15, 0.2) is 28.9 Å². The van der Waals surface area contributed by atoms with Gasteiger partial charge in [0.05, 0.1) is 19.8 Å². The van der Waals surface area contributed by atoms with E-state index in [-0.39, 0.29) is 5.97 Å². The summed E-state index contributed by atoms with van der Waals surface area (Å²) in [4.78, 5) is 14.8. The van der Waals surface area contributed by atoms with Crippen molar-refractivity contribution in [3.05, 3.63) is 34.4 Å². The van der Waals surface area contributed by atoms with Crippen LogP contribution in [0, 0.1) is 0 Å². The van der Waals surface area contributed by atoms with Crippen molar-refractivity contribution in [1.82, 2.24) is 9.47 Å². The van der Waals surface area contributed by atoms with Gasteiger partial charge in [-0.25, -0.2) is 4.79 Å². The summed E-state index contributed by atoms with van der Waals surface area (Å²) in [7, 11) is 2.00. The second kappa shape index (κ2) is 7.03. The summed E-state index contributed by atoms with van der Waals surface area (Å²) < 4.78 is 13.8. The Bertz CT molecular complexity index is 707. The largest absolute Gasteiger partial charge is 0.465 e. The van der Waals surface area contributed by atoms with Crippen LogP contribution in [-0.4, -0.2) is 48.3 Å². The number of carbonyl (C=O) groups is 1. The van der Waals surface area contributed by atoms with Gasteiger partial charge in [-0.05, 0) is 25.1 Å². The highest BCUT2D eigenvalue weighted by atomic mass is 79.9. The first-order valence-corrected chi connectivity index (χ1v) is 8.64. The first-order valence-electron chi connectivity index (χ1n) is 7.84. The third-order valence-electron chi connectivity index (χ3n) is 4.20. The van der Waals surface area contributed by atoms with Crippen molar-refractivity contribution in [2.75, 3.05) is 32.9 Å². The molecule has 0 radical (unpaired) electrons. The molecule has 2 heterocycles. The molecule has 0 bridgehead atoms. The molecule has 1 unspecified atom stereocenters. The van der Waals surface area contributed by atoms with E-state index in [9.17, 15) is 4.79 Å². The SMILES string of the molecule is CCOC(=O)C(c1cn(C)c2ccc(Br)cc12)N1CCOCC1. The number of hydrogen-bond acceptors (Lipinski definition) is 4. The summed E-state index contributed by atoms with van der Waals surface area (Å²) in [6.07, 6.45) is 2.04. The number of halogens is 1. The van der Waals surface area contributed by atoms with E-state index in [2.05, 4.69) is 37.5 Å². The van der Waals surface area contributed by atoms with Gasteiger partial charge in [-0.1, -0.05) is 15.9 Å². The second-order valence-electron chi connectivity index (χ2n) is 5.66. The third-order valence-corrected chi connectivity index (χ3v) is 4.69. The van der Waals surface area contributed by atoms with Gasteiger partial charge in [0.25, 0.3) is 0 Å². The van der Waals surface area contributed by atoms with Gasteiger partial charge in [0, 0.05) is 47.3 Å². The summed E-state index contributed by atoms with van der Waals surface area (Å²) >= 11 is 3.53. The predicted octanol–water partition coefficient (Wildman–Crippen LogP) is 2.88. The molecule has 1 aromatic heterocycles. The van der Waals surface area contributed by atoms with Gasteiger partial charge in [-0.2, -0.15) is 0 Å². The van der Waals surface area contributed by atoms with Crippen LogP contribution in [-0.2, 0) is 21.3 Å². The Morgan fingerprint density at radius 3 is 2.83 bits per heavy atom. The van der Waals surface area contributed by atoms with Crippen molar-refractivity contribution < 1.29 is 14.3 Å². The topological polar surface area (TPSA) is 43.7 Å². The lowest BCUT2D eigenvalue weighted by Gasteiger charge is -2.32. The Balaban J connectivity index is 2.08. The molecule has 1 aliphatic heterocycles. The van der Waals surface area contributed by atoms with Crippen molar-refractivity contribution >= 4 is 32.8 Å². The fraction of sp³-hybridized carbons (Fsp3) is 0.471. The highest BCUT2D eigenvalue weighted by Crippen LogP contribution is 2.33. The van der Waals surface area contributed by atoms with E-state index in [4.69, 9.17) is 9.47 Å². The fourth-order valence-electron chi connectivity index (χ4n) is 3.14. The maximum atomic E-state index is 12.7. The van der Waals surface area contributed by atoms with Crippen LogP contribution < -0.4 is 0 Å². The van der Waals surface area contributed by atoms with E-state index in [0.29, 0.717) is 19.8 Å². The lowest BCUT2D eigenvalue weighted by Crippen LogP contribution is -2.42. The summed E-state index contributed by atoms with van der Waals surface area (Å²) in [6.45, 7) is 4.97. The number of aryl methyl sites for hydroxylation is 1. The zero-order chi connectivity index (χ0) is 16.4. The lowest BCUT2D eigenvalue weighted by molar-refractivity contribution is -0.151. The molecule has 124 valence electrons. The first kappa shape index (κ1) is 16.5. The Labute approximate surface area is 144 Å². The van der Waals surface area contributed by atoms with Crippen LogP contribution in [0.4, 0.5) is 0 Å². The van der Waals surface area contributed by atoms with Crippen LogP contribution in [0.1, 0.15) is 18.5 Å². The van der Waals surface area contributed by atoms with Crippen LogP contribution in [0.25, 0.3) is 10.9 Å². The molecule has 1 saturated heterocycles. The molecule has 0 aliphatic carbocycles. The smallest absolute Gasteiger partial charge is 0.328 e. The number of rotatable bonds is 4. The third kappa shape index (κ3) is 3.29. The predicted molar refractivity (Wildman–Crippen MR) is 92.4 cm³/mol. The summed E-state index contributed by atoms with van der Waals surface area (Å²) in [5.74, 6) is -0.193. The Morgan fingerprint density at radius 1 is 1.39 bits per heavy atom. The molecule has 1 atom stereocenters. The lowest BCUT2D eigenvalue weighted by atomic mass is 10.0. The Hall–Kier alpha value is -1.37. The number of nitrogens with zero attached hydrogens (tertiary/aromatic N) is 2. The van der Waals surface area contributed by atoms with Gasteiger partial charge < -0.3 is 14.0 Å². The van der Waals surface area contributed by atoms with Crippen molar-refractivity contribution in [2.45, 2.75) is 13.0 Å². The van der Waals surface area contributed by atoms with E-state index in [1.54, 1.807) is 0 Å². The molecule has 2 aromatic rings. The zero-order valence-corrected chi connectivity index (χ0v) is 15.0. The summed E-state index contributed by atoms with van der Waals surface area (Å²) in [5.41, 5.74) is 2.09. The molecule has 3 rings (SSSR count). The maximum Gasteiger partial charge on any atom is 0.328 e.